The second-order valence-electron chi connectivity index (χ2n) is 0.572. The van der Waals surface area contributed by atoms with Crippen LogP contribution >= 0.6 is 0 Å². The van der Waals surface area contributed by atoms with E-state index in [0.717, 1.165) is 0 Å². The topological polar surface area (TPSA) is 30.5 Å². The Hall–Kier alpha value is -0.540. The maximum absolute atomic E-state index is 4.27. The Kier molecular flexibility index (Phi) is 4.06. The van der Waals surface area contributed by atoms with Gasteiger partial charge in [-0.1, -0.05) is 6.58 Å². The lowest BCUT2D eigenvalue weighted by Gasteiger charge is -1.93. The first-order valence-corrected chi connectivity index (χ1v) is 1.46. The van der Waals surface area contributed by atoms with Crippen molar-refractivity contribution in [1.82, 2.24) is 5.64 Å². The third-order valence-electron chi connectivity index (χ3n) is 0.215. The molecular weight excluding hydrogens is 82.0 g/mol. The van der Waals surface area contributed by atoms with Crippen molar-refractivity contribution >= 4 is 0 Å². The average Bonchev–Trinajstić information content (AvgIpc) is 1.61. The molecule has 0 amide bonds. The van der Waals surface area contributed by atoms with Crippen LogP contribution in [0.25, 0.3) is 0 Å². The fourth-order valence-corrected chi connectivity index (χ4v) is 0.0821. The lowest BCUT2D eigenvalue weighted by atomic mass is 11.2. The summed E-state index contributed by atoms with van der Waals surface area (Å²) < 4.78 is 0. The van der Waals surface area contributed by atoms with E-state index in [-0.39, 0.29) is 0 Å². The molecule has 0 radical (unpaired) electrons. The van der Waals surface area contributed by atoms with Gasteiger partial charge in [-0.05, 0) is 5.64 Å². The Balaban J connectivity index is 2.49. The zero-order valence-electron chi connectivity index (χ0n) is 3.60. The lowest BCUT2D eigenvalue weighted by molar-refractivity contribution is -0.109. The van der Waals surface area contributed by atoms with Crippen LogP contribution in [0.2, 0.25) is 0 Å². The molecule has 0 unspecified atom stereocenters. The standard InChI is InChI=1S/C3H7NO2/c1-3-6-4-5-2/h3-4H,1H2,2H3. The SMILES string of the molecule is C=CONOC. The van der Waals surface area contributed by atoms with E-state index >= 15 is 0 Å². The van der Waals surface area contributed by atoms with Gasteiger partial charge in [-0.2, -0.15) is 0 Å². The molecular formula is C3H7NO2. The molecule has 0 spiro atoms. The van der Waals surface area contributed by atoms with Gasteiger partial charge in [0.15, 0.2) is 0 Å². The average molecular weight is 89.1 g/mol. The third-order valence-corrected chi connectivity index (χ3v) is 0.215. The predicted molar refractivity (Wildman–Crippen MR) is 21.4 cm³/mol. The molecule has 0 rings (SSSR count). The highest BCUT2D eigenvalue weighted by molar-refractivity contribution is 4.42. The molecule has 0 aromatic carbocycles. The van der Waals surface area contributed by atoms with Crippen LogP contribution in [-0.2, 0) is 9.68 Å². The molecule has 3 nitrogen and oxygen atoms in total. The smallest absolute Gasteiger partial charge is 0.107 e. The third kappa shape index (κ3) is 3.46. The molecule has 6 heavy (non-hydrogen) atoms. The van der Waals surface area contributed by atoms with E-state index in [2.05, 4.69) is 21.9 Å². The Labute approximate surface area is 36.5 Å². The number of hydrogen-bond acceptors (Lipinski definition) is 3. The summed E-state index contributed by atoms with van der Waals surface area (Å²) in [5.41, 5.74) is 2.08. The van der Waals surface area contributed by atoms with Crippen LogP contribution in [0, 0.1) is 0 Å². The van der Waals surface area contributed by atoms with Crippen LogP contribution in [0.15, 0.2) is 12.8 Å². The Morgan fingerprint density at radius 1 is 1.83 bits per heavy atom. The molecule has 3 heteroatoms. The fraction of sp³-hybridized carbons (Fsp3) is 0.333. The van der Waals surface area contributed by atoms with Crippen LogP contribution in [0.1, 0.15) is 0 Å². The Morgan fingerprint density at radius 3 is 2.67 bits per heavy atom. The fourth-order valence-electron chi connectivity index (χ4n) is 0.0821. The van der Waals surface area contributed by atoms with Crippen molar-refractivity contribution in [2.75, 3.05) is 7.11 Å². The number of hydrogen-bond donors (Lipinski definition) is 1. The number of nitrogens with one attached hydrogen (secondary N) is 1. The normalized spacial score (nSPS) is 7.50. The van der Waals surface area contributed by atoms with Crippen molar-refractivity contribution in [1.29, 1.82) is 0 Å². The predicted octanol–water partition coefficient (Wildman–Crippen LogP) is 0.212. The van der Waals surface area contributed by atoms with Gasteiger partial charge in [0.05, 0.1) is 7.11 Å². The van der Waals surface area contributed by atoms with Gasteiger partial charge in [-0.3, -0.25) is 4.84 Å². The van der Waals surface area contributed by atoms with Crippen LogP contribution < -0.4 is 5.64 Å². The molecule has 0 bridgehead atoms. The van der Waals surface area contributed by atoms with Gasteiger partial charge in [-0.15, -0.1) is 0 Å². The van der Waals surface area contributed by atoms with E-state index in [0.29, 0.717) is 0 Å². The molecule has 1 N–H and O–H groups in total. The molecule has 0 aromatic rings. The minimum Gasteiger partial charge on any atom is -0.392 e. The van der Waals surface area contributed by atoms with Crippen molar-refractivity contribution in [3.63, 3.8) is 0 Å². The summed E-state index contributed by atoms with van der Waals surface area (Å²) in [6.07, 6.45) is 1.23. The molecule has 0 saturated heterocycles. The summed E-state index contributed by atoms with van der Waals surface area (Å²) in [6.45, 7) is 3.23. The minimum atomic E-state index is 1.23. The second kappa shape index (κ2) is 4.46. The maximum Gasteiger partial charge on any atom is 0.107 e. The van der Waals surface area contributed by atoms with E-state index in [4.69, 9.17) is 0 Å². The molecule has 0 fully saturated rings. The van der Waals surface area contributed by atoms with E-state index in [1.54, 1.807) is 0 Å². The summed E-state index contributed by atoms with van der Waals surface area (Å²) in [6, 6.07) is 0. The van der Waals surface area contributed by atoms with Crippen LogP contribution in [0.4, 0.5) is 0 Å². The van der Waals surface area contributed by atoms with Crippen molar-refractivity contribution < 1.29 is 9.68 Å². The summed E-state index contributed by atoms with van der Waals surface area (Å²) >= 11 is 0. The van der Waals surface area contributed by atoms with Crippen molar-refractivity contribution in [2.45, 2.75) is 0 Å². The second-order valence-corrected chi connectivity index (χ2v) is 0.572. The van der Waals surface area contributed by atoms with E-state index in [1.165, 1.54) is 13.4 Å². The zero-order valence-corrected chi connectivity index (χ0v) is 3.60. The monoisotopic (exact) mass is 89.0 g/mol. The molecule has 0 atom stereocenters. The van der Waals surface area contributed by atoms with Crippen molar-refractivity contribution in [3.05, 3.63) is 12.8 Å². The molecule has 0 heterocycles. The highest BCUT2D eigenvalue weighted by atomic mass is 16.9. The van der Waals surface area contributed by atoms with Crippen molar-refractivity contribution in [3.8, 4) is 0 Å². The number of rotatable bonds is 3. The molecule has 0 aliphatic heterocycles. The molecule has 0 aromatic heterocycles. The molecule has 0 aliphatic rings. The Bertz CT molecular complexity index is 37.8. The van der Waals surface area contributed by atoms with Gasteiger partial charge >= 0.3 is 0 Å². The minimum absolute atomic E-state index is 1.23. The maximum atomic E-state index is 4.27. The van der Waals surface area contributed by atoms with E-state index in [1.807, 2.05) is 0 Å². The quantitative estimate of drug-likeness (QED) is 0.304. The highest BCUT2D eigenvalue weighted by Crippen LogP contribution is 1.59. The first kappa shape index (κ1) is 5.46. The van der Waals surface area contributed by atoms with Gasteiger partial charge in [0.1, 0.15) is 6.26 Å². The Morgan fingerprint density at radius 2 is 2.50 bits per heavy atom. The van der Waals surface area contributed by atoms with Crippen LogP contribution in [0.3, 0.4) is 0 Å². The summed E-state index contributed by atoms with van der Waals surface area (Å²) in [5, 5.41) is 0. The first-order valence-electron chi connectivity index (χ1n) is 1.46. The van der Waals surface area contributed by atoms with Gasteiger partial charge in [0.2, 0.25) is 0 Å². The van der Waals surface area contributed by atoms with Gasteiger partial charge in [-0.25, -0.2) is 0 Å². The lowest BCUT2D eigenvalue weighted by Crippen LogP contribution is -2.06. The van der Waals surface area contributed by atoms with Crippen LogP contribution in [0.5, 0.6) is 0 Å². The summed E-state index contributed by atoms with van der Waals surface area (Å²) in [5.74, 6) is 0. The van der Waals surface area contributed by atoms with Crippen molar-refractivity contribution in [2.24, 2.45) is 0 Å². The van der Waals surface area contributed by atoms with E-state index < -0.39 is 0 Å². The summed E-state index contributed by atoms with van der Waals surface area (Å²) in [4.78, 5) is 8.51. The molecule has 36 valence electrons. The van der Waals surface area contributed by atoms with Gasteiger partial charge in [0, 0.05) is 0 Å². The van der Waals surface area contributed by atoms with Crippen LogP contribution in [-0.4, -0.2) is 7.11 Å². The van der Waals surface area contributed by atoms with Gasteiger partial charge in [0.25, 0.3) is 0 Å². The zero-order chi connectivity index (χ0) is 4.83. The molecule has 0 aliphatic carbocycles. The molecule has 0 saturated carbocycles. The van der Waals surface area contributed by atoms with Gasteiger partial charge < -0.3 is 4.84 Å². The van der Waals surface area contributed by atoms with E-state index in [9.17, 15) is 0 Å². The highest BCUT2D eigenvalue weighted by Gasteiger charge is 1.62. The summed E-state index contributed by atoms with van der Waals surface area (Å²) in [7, 11) is 1.45. The first-order chi connectivity index (χ1) is 2.91. The largest absolute Gasteiger partial charge is 0.392 e.